The second-order valence-corrected chi connectivity index (χ2v) is 12.1. The van der Waals surface area contributed by atoms with Gasteiger partial charge >= 0.3 is 18.2 Å². The lowest BCUT2D eigenvalue weighted by Crippen LogP contribution is -2.52. The number of fused-ring (bicyclic) bond motifs is 1. The molecule has 1 fully saturated rings. The SMILES string of the molecule is Cn1cc(C[C@@H](NC(=O)OC(C)(C)C)C(=O)OCC2CCN(C(=O)O)C(C(C)(C)C)C2)c2ccccc21. The van der Waals surface area contributed by atoms with Crippen molar-refractivity contribution in [2.45, 2.75) is 78.5 Å². The second-order valence-electron chi connectivity index (χ2n) is 12.1. The Labute approximate surface area is 219 Å². The molecule has 9 heteroatoms. The molecule has 0 radical (unpaired) electrons. The predicted molar refractivity (Wildman–Crippen MR) is 141 cm³/mol. The van der Waals surface area contributed by atoms with Crippen LogP contribution in [0.2, 0.25) is 0 Å². The van der Waals surface area contributed by atoms with Crippen LogP contribution in [0.25, 0.3) is 10.9 Å². The van der Waals surface area contributed by atoms with Gasteiger partial charge in [-0.1, -0.05) is 39.0 Å². The van der Waals surface area contributed by atoms with Gasteiger partial charge in [-0.25, -0.2) is 14.4 Å². The Morgan fingerprint density at radius 2 is 1.81 bits per heavy atom. The first-order chi connectivity index (χ1) is 17.2. The van der Waals surface area contributed by atoms with E-state index in [9.17, 15) is 19.5 Å². The number of benzene rings is 1. The van der Waals surface area contributed by atoms with E-state index in [0.717, 1.165) is 16.5 Å². The standard InChI is InChI=1S/C28H41N3O6/c1-27(2,3)23-14-18(12-13-31(23)26(34)35)17-36-24(32)21(29-25(33)37-28(4,5)6)15-19-16-30(7)22-11-9-8-10-20(19)22/h8-11,16,18,21,23H,12-15,17H2,1-7H3,(H,29,33)(H,34,35)/t18?,21-,23?/m1/s1. The monoisotopic (exact) mass is 515 g/mol. The summed E-state index contributed by atoms with van der Waals surface area (Å²) >= 11 is 0. The normalized spacial score (nSPS) is 19.4. The first kappa shape index (κ1) is 28.3. The number of carbonyl (C=O) groups excluding carboxylic acids is 2. The van der Waals surface area contributed by atoms with E-state index in [0.29, 0.717) is 19.4 Å². The maximum Gasteiger partial charge on any atom is 0.408 e. The number of nitrogens with zero attached hydrogens (tertiary/aromatic N) is 2. The van der Waals surface area contributed by atoms with Crippen molar-refractivity contribution in [3.63, 3.8) is 0 Å². The van der Waals surface area contributed by atoms with E-state index in [1.165, 1.54) is 4.90 Å². The van der Waals surface area contributed by atoms with E-state index in [1.54, 1.807) is 20.8 Å². The number of para-hydroxylation sites is 1. The van der Waals surface area contributed by atoms with Crippen molar-refractivity contribution in [2.24, 2.45) is 18.4 Å². The van der Waals surface area contributed by atoms with Crippen molar-refractivity contribution in [3.05, 3.63) is 36.0 Å². The van der Waals surface area contributed by atoms with Crippen molar-refractivity contribution in [1.82, 2.24) is 14.8 Å². The Bertz CT molecular complexity index is 1130. The summed E-state index contributed by atoms with van der Waals surface area (Å²) in [7, 11) is 1.94. The lowest BCUT2D eigenvalue weighted by Gasteiger charge is -2.44. The number of piperidine rings is 1. The van der Waals surface area contributed by atoms with Crippen LogP contribution in [0.1, 0.15) is 59.9 Å². The van der Waals surface area contributed by atoms with Gasteiger partial charge in [0, 0.05) is 43.2 Å². The third-order valence-corrected chi connectivity index (χ3v) is 6.80. The summed E-state index contributed by atoms with van der Waals surface area (Å²) in [5.74, 6) is -0.504. The second kappa shape index (κ2) is 11.0. The molecule has 2 heterocycles. The molecule has 2 unspecified atom stereocenters. The van der Waals surface area contributed by atoms with Crippen LogP contribution in [-0.2, 0) is 27.7 Å². The topological polar surface area (TPSA) is 110 Å². The Hall–Kier alpha value is -3.23. The first-order valence-electron chi connectivity index (χ1n) is 12.8. The molecular formula is C28H41N3O6. The molecule has 3 atom stereocenters. The molecule has 1 aromatic heterocycles. The number of alkyl carbamates (subject to hydrolysis) is 1. The van der Waals surface area contributed by atoms with Crippen LogP contribution in [0, 0.1) is 11.3 Å². The molecular weight excluding hydrogens is 474 g/mol. The summed E-state index contributed by atoms with van der Waals surface area (Å²) in [5.41, 5.74) is 0.993. The van der Waals surface area contributed by atoms with E-state index >= 15 is 0 Å². The number of amides is 2. The van der Waals surface area contributed by atoms with Gasteiger partial charge in [-0.3, -0.25) is 0 Å². The maximum atomic E-state index is 13.3. The molecule has 1 saturated heterocycles. The number of hydrogen-bond acceptors (Lipinski definition) is 5. The molecule has 0 spiro atoms. The van der Waals surface area contributed by atoms with Gasteiger partial charge in [0.1, 0.15) is 11.6 Å². The number of carbonyl (C=O) groups is 3. The van der Waals surface area contributed by atoms with Gasteiger partial charge in [0.05, 0.1) is 6.61 Å². The third kappa shape index (κ3) is 7.40. The third-order valence-electron chi connectivity index (χ3n) is 6.80. The van der Waals surface area contributed by atoms with Crippen LogP contribution in [0.5, 0.6) is 0 Å². The number of nitrogens with one attached hydrogen (secondary N) is 1. The number of carboxylic acid groups (broad SMARTS) is 1. The van der Waals surface area contributed by atoms with Gasteiger partial charge in [0.15, 0.2) is 0 Å². The van der Waals surface area contributed by atoms with Crippen LogP contribution in [0.15, 0.2) is 30.5 Å². The number of esters is 1. The minimum absolute atomic E-state index is 0.0310. The largest absolute Gasteiger partial charge is 0.465 e. The molecule has 0 aliphatic carbocycles. The van der Waals surface area contributed by atoms with Crippen LogP contribution in [-0.4, -0.2) is 63.6 Å². The fourth-order valence-corrected chi connectivity index (χ4v) is 4.99. The Morgan fingerprint density at radius 3 is 2.43 bits per heavy atom. The highest BCUT2D eigenvalue weighted by Gasteiger charge is 2.39. The average Bonchev–Trinajstić information content (AvgIpc) is 3.10. The van der Waals surface area contributed by atoms with Crippen LogP contribution < -0.4 is 5.32 Å². The van der Waals surface area contributed by atoms with Crippen LogP contribution in [0.4, 0.5) is 9.59 Å². The van der Waals surface area contributed by atoms with E-state index in [2.05, 4.69) is 5.32 Å². The van der Waals surface area contributed by atoms with Crippen molar-refractivity contribution < 1.29 is 29.0 Å². The van der Waals surface area contributed by atoms with Crippen molar-refractivity contribution in [2.75, 3.05) is 13.2 Å². The van der Waals surface area contributed by atoms with Crippen molar-refractivity contribution in [1.29, 1.82) is 0 Å². The molecule has 9 nitrogen and oxygen atoms in total. The summed E-state index contributed by atoms with van der Waals surface area (Å²) in [6.07, 6.45) is 1.82. The van der Waals surface area contributed by atoms with Crippen molar-refractivity contribution in [3.8, 4) is 0 Å². The molecule has 37 heavy (non-hydrogen) atoms. The molecule has 204 valence electrons. The zero-order valence-corrected chi connectivity index (χ0v) is 23.0. The first-order valence-corrected chi connectivity index (χ1v) is 12.8. The van der Waals surface area contributed by atoms with Gasteiger partial charge in [-0.05, 0) is 56.6 Å². The summed E-state index contributed by atoms with van der Waals surface area (Å²) < 4.78 is 13.1. The van der Waals surface area contributed by atoms with Crippen molar-refractivity contribution >= 4 is 29.1 Å². The minimum atomic E-state index is -0.932. The van der Waals surface area contributed by atoms with Gasteiger partial charge < -0.3 is 29.4 Å². The number of ether oxygens (including phenoxy) is 2. The lowest BCUT2D eigenvalue weighted by molar-refractivity contribution is -0.148. The minimum Gasteiger partial charge on any atom is -0.465 e. The highest BCUT2D eigenvalue weighted by Crippen LogP contribution is 2.35. The Kier molecular flexibility index (Phi) is 8.45. The molecule has 2 amide bonds. The fraction of sp³-hybridized carbons (Fsp3) is 0.607. The molecule has 0 saturated carbocycles. The van der Waals surface area contributed by atoms with E-state index in [-0.39, 0.29) is 30.4 Å². The zero-order chi connectivity index (χ0) is 27.5. The smallest absolute Gasteiger partial charge is 0.408 e. The van der Waals surface area contributed by atoms with E-state index < -0.39 is 29.8 Å². The average molecular weight is 516 g/mol. The van der Waals surface area contributed by atoms with Gasteiger partial charge in [-0.2, -0.15) is 0 Å². The van der Waals surface area contributed by atoms with Gasteiger partial charge in [0.25, 0.3) is 0 Å². The Balaban J connectivity index is 1.74. The molecule has 2 aromatic rings. The fourth-order valence-electron chi connectivity index (χ4n) is 4.99. The van der Waals surface area contributed by atoms with Gasteiger partial charge in [-0.15, -0.1) is 0 Å². The molecule has 1 aliphatic rings. The summed E-state index contributed by atoms with van der Waals surface area (Å²) in [4.78, 5) is 39.1. The molecule has 0 bridgehead atoms. The number of hydrogen-bond donors (Lipinski definition) is 2. The lowest BCUT2D eigenvalue weighted by atomic mass is 9.77. The molecule has 1 aromatic carbocycles. The predicted octanol–water partition coefficient (Wildman–Crippen LogP) is 4.96. The van der Waals surface area contributed by atoms with E-state index in [4.69, 9.17) is 9.47 Å². The summed E-state index contributed by atoms with van der Waals surface area (Å²) in [6.45, 7) is 11.9. The van der Waals surface area contributed by atoms with E-state index in [1.807, 2.05) is 62.8 Å². The Morgan fingerprint density at radius 1 is 1.14 bits per heavy atom. The zero-order valence-electron chi connectivity index (χ0n) is 23.0. The highest BCUT2D eigenvalue weighted by molar-refractivity contribution is 5.86. The molecule has 2 N–H and O–H groups in total. The summed E-state index contributed by atoms with van der Waals surface area (Å²) in [5, 5.41) is 13.3. The number of aromatic nitrogens is 1. The molecule has 3 rings (SSSR count). The molecule has 1 aliphatic heterocycles. The van der Waals surface area contributed by atoms with Gasteiger partial charge in [0.2, 0.25) is 0 Å². The number of rotatable bonds is 6. The highest BCUT2D eigenvalue weighted by atomic mass is 16.6. The number of likely N-dealkylation sites (tertiary alicyclic amines) is 1. The summed E-state index contributed by atoms with van der Waals surface area (Å²) in [6, 6.07) is 6.78. The number of aryl methyl sites for hydroxylation is 1. The van der Waals surface area contributed by atoms with Crippen LogP contribution >= 0.6 is 0 Å². The quantitative estimate of drug-likeness (QED) is 0.526. The maximum absolute atomic E-state index is 13.3. The van der Waals surface area contributed by atoms with Crippen LogP contribution in [0.3, 0.4) is 0 Å².